The second-order valence-electron chi connectivity index (χ2n) is 4.01. The van der Waals surface area contributed by atoms with Gasteiger partial charge < -0.3 is 14.8 Å². The van der Waals surface area contributed by atoms with Crippen LogP contribution in [0.2, 0.25) is 0 Å². The number of alkyl halides is 3. The Balaban J connectivity index is 3.57. The molecule has 2 N–H and O–H groups in total. The summed E-state index contributed by atoms with van der Waals surface area (Å²) >= 11 is 0. The quantitative estimate of drug-likeness (QED) is 0.839. The van der Waals surface area contributed by atoms with E-state index in [0.717, 1.165) is 7.11 Å². The molecule has 0 unspecified atom stereocenters. The lowest BCUT2D eigenvalue weighted by Gasteiger charge is -2.21. The molecule has 0 fully saturated rings. The Morgan fingerprint density at radius 3 is 2.24 bits per heavy atom. The van der Waals surface area contributed by atoms with Crippen molar-refractivity contribution in [2.45, 2.75) is 25.6 Å². The molecule has 0 spiro atoms. The minimum Gasteiger partial charge on any atom is -0.491 e. The van der Waals surface area contributed by atoms with E-state index in [2.05, 4.69) is 0 Å². The number of pyridine rings is 1. The third-order valence-corrected chi connectivity index (χ3v) is 2.11. The van der Waals surface area contributed by atoms with Gasteiger partial charge in [-0.15, -0.1) is 0 Å². The first-order valence-corrected chi connectivity index (χ1v) is 4.68. The van der Waals surface area contributed by atoms with E-state index >= 15 is 0 Å². The van der Waals surface area contributed by atoms with Crippen LogP contribution in [0.4, 0.5) is 13.2 Å². The fourth-order valence-corrected chi connectivity index (χ4v) is 1.33. The minimum atomic E-state index is -4.69. The molecule has 1 aromatic rings. The number of nitrogens with one attached hydrogen (secondary N) is 1. The van der Waals surface area contributed by atoms with Gasteiger partial charge in [-0.3, -0.25) is 4.79 Å². The summed E-state index contributed by atoms with van der Waals surface area (Å²) in [7, 11) is 1.15. The Labute approximate surface area is 95.0 Å². The van der Waals surface area contributed by atoms with Crippen LogP contribution >= 0.6 is 0 Å². The molecule has 4 nitrogen and oxygen atoms in total. The summed E-state index contributed by atoms with van der Waals surface area (Å²) in [5.74, 6) is -0.328. The Bertz CT molecular complexity index is 471. The number of ether oxygens (including phenoxy) is 1. The van der Waals surface area contributed by atoms with Crippen LogP contribution in [-0.4, -0.2) is 17.2 Å². The summed E-state index contributed by atoms with van der Waals surface area (Å²) in [5, 5.41) is 9.70. The van der Waals surface area contributed by atoms with E-state index in [4.69, 9.17) is 4.74 Å². The van der Waals surface area contributed by atoms with Crippen LogP contribution < -0.4 is 10.2 Å². The maximum atomic E-state index is 12.5. The molecule has 0 radical (unpaired) electrons. The van der Waals surface area contributed by atoms with E-state index < -0.39 is 22.9 Å². The molecule has 1 aromatic heterocycles. The van der Waals surface area contributed by atoms with Crippen LogP contribution in [0.3, 0.4) is 0 Å². The third-order valence-electron chi connectivity index (χ3n) is 2.11. The molecule has 0 saturated carbocycles. The highest BCUT2D eigenvalue weighted by atomic mass is 19.4. The van der Waals surface area contributed by atoms with E-state index in [1.807, 2.05) is 4.98 Å². The molecule has 96 valence electrons. The average Bonchev–Trinajstić information content (AvgIpc) is 2.13. The summed E-state index contributed by atoms with van der Waals surface area (Å²) in [6, 6.07) is 0.397. The maximum absolute atomic E-state index is 12.5. The standard InChI is InChI=1S/C10H12F3NO3/c1-9(2,16)8-7(17-3)5(15)4-6(14-8)10(11,12)13/h4,16H,1-3H3,(H,14,15). The zero-order valence-corrected chi connectivity index (χ0v) is 9.47. The van der Waals surface area contributed by atoms with Crippen LogP contribution in [0, 0.1) is 0 Å². The number of aliphatic hydroxyl groups is 1. The summed E-state index contributed by atoms with van der Waals surface area (Å²) in [6.07, 6.45) is -4.69. The zero-order chi connectivity index (χ0) is 13.4. The minimum absolute atomic E-state index is 0.306. The smallest absolute Gasteiger partial charge is 0.431 e. The molecule has 0 aliphatic heterocycles. The van der Waals surface area contributed by atoms with Gasteiger partial charge in [0, 0.05) is 6.07 Å². The van der Waals surface area contributed by atoms with Crippen LogP contribution in [0.5, 0.6) is 5.75 Å². The first-order valence-electron chi connectivity index (χ1n) is 4.68. The lowest BCUT2D eigenvalue weighted by Crippen LogP contribution is -2.26. The number of hydrogen-bond acceptors (Lipinski definition) is 3. The fraction of sp³-hybridized carbons (Fsp3) is 0.500. The van der Waals surface area contributed by atoms with Gasteiger partial charge in [0.2, 0.25) is 5.43 Å². The van der Waals surface area contributed by atoms with E-state index in [0.29, 0.717) is 6.07 Å². The molecule has 1 heterocycles. The van der Waals surface area contributed by atoms with E-state index in [1.165, 1.54) is 13.8 Å². The maximum Gasteiger partial charge on any atom is 0.431 e. The number of aromatic amines is 1. The molecule has 1 rings (SSSR count). The predicted molar refractivity (Wildman–Crippen MR) is 53.9 cm³/mol. The van der Waals surface area contributed by atoms with Crippen LogP contribution in [0.1, 0.15) is 25.2 Å². The normalized spacial score (nSPS) is 12.6. The number of methoxy groups -OCH3 is 1. The number of hydrogen-bond donors (Lipinski definition) is 2. The molecule has 0 saturated heterocycles. The monoisotopic (exact) mass is 251 g/mol. The van der Waals surface area contributed by atoms with E-state index in [1.54, 1.807) is 0 Å². The molecule has 0 aliphatic carbocycles. The van der Waals surface area contributed by atoms with Gasteiger partial charge in [-0.25, -0.2) is 0 Å². The van der Waals surface area contributed by atoms with E-state index in [9.17, 15) is 23.1 Å². The number of aromatic nitrogens is 1. The van der Waals surface area contributed by atoms with Crippen molar-refractivity contribution in [1.29, 1.82) is 0 Å². The van der Waals surface area contributed by atoms with Crippen molar-refractivity contribution >= 4 is 0 Å². The molecule has 7 heteroatoms. The zero-order valence-electron chi connectivity index (χ0n) is 9.47. The van der Waals surface area contributed by atoms with Crippen molar-refractivity contribution in [2.24, 2.45) is 0 Å². The Hall–Kier alpha value is -1.50. The highest BCUT2D eigenvalue weighted by Gasteiger charge is 2.35. The van der Waals surface area contributed by atoms with Gasteiger partial charge in [-0.1, -0.05) is 0 Å². The van der Waals surface area contributed by atoms with Gasteiger partial charge in [0.05, 0.1) is 12.8 Å². The first kappa shape index (κ1) is 13.6. The second kappa shape index (κ2) is 4.06. The lowest BCUT2D eigenvalue weighted by atomic mass is 10.0. The van der Waals surface area contributed by atoms with Gasteiger partial charge in [-0.05, 0) is 13.8 Å². The number of H-pyrrole nitrogens is 1. The van der Waals surface area contributed by atoms with Gasteiger partial charge in [-0.2, -0.15) is 13.2 Å². The lowest BCUT2D eigenvalue weighted by molar-refractivity contribution is -0.141. The van der Waals surface area contributed by atoms with Crippen LogP contribution in [0.15, 0.2) is 10.9 Å². The first-order chi connectivity index (χ1) is 7.57. The van der Waals surface area contributed by atoms with Crippen molar-refractivity contribution in [3.05, 3.63) is 27.7 Å². The van der Waals surface area contributed by atoms with Gasteiger partial charge in [0.15, 0.2) is 5.75 Å². The Morgan fingerprint density at radius 2 is 1.88 bits per heavy atom. The molecule has 0 bridgehead atoms. The number of halogens is 3. The Morgan fingerprint density at radius 1 is 1.35 bits per heavy atom. The highest BCUT2D eigenvalue weighted by molar-refractivity contribution is 5.33. The highest BCUT2D eigenvalue weighted by Crippen LogP contribution is 2.31. The second-order valence-corrected chi connectivity index (χ2v) is 4.01. The molecule has 17 heavy (non-hydrogen) atoms. The van der Waals surface area contributed by atoms with Crippen molar-refractivity contribution in [1.82, 2.24) is 4.98 Å². The van der Waals surface area contributed by atoms with E-state index in [-0.39, 0.29) is 11.4 Å². The fourth-order valence-electron chi connectivity index (χ4n) is 1.33. The SMILES string of the molecule is COc1c(C(C)(C)O)[nH]c(C(F)(F)F)cc1=O. The molecular weight excluding hydrogens is 239 g/mol. The largest absolute Gasteiger partial charge is 0.491 e. The predicted octanol–water partition coefficient (Wildman–Crippen LogP) is 1.63. The molecule has 0 aromatic carbocycles. The van der Waals surface area contributed by atoms with Crippen molar-refractivity contribution < 1.29 is 23.0 Å². The topological polar surface area (TPSA) is 62.3 Å². The molecule has 0 amide bonds. The average molecular weight is 251 g/mol. The summed E-state index contributed by atoms with van der Waals surface area (Å²) in [5.41, 5.74) is -4.11. The van der Waals surface area contributed by atoms with Gasteiger partial charge in [0.25, 0.3) is 0 Å². The summed E-state index contributed by atoms with van der Waals surface area (Å²) in [6.45, 7) is 2.50. The van der Waals surface area contributed by atoms with Crippen molar-refractivity contribution in [2.75, 3.05) is 7.11 Å². The van der Waals surface area contributed by atoms with Crippen LogP contribution in [0.25, 0.3) is 0 Å². The molecule has 0 aliphatic rings. The Kier molecular flexibility index (Phi) is 3.24. The molecule has 0 atom stereocenters. The third kappa shape index (κ3) is 2.79. The van der Waals surface area contributed by atoms with Gasteiger partial charge in [0.1, 0.15) is 11.3 Å². The van der Waals surface area contributed by atoms with Gasteiger partial charge >= 0.3 is 6.18 Å². The number of rotatable bonds is 2. The van der Waals surface area contributed by atoms with Crippen molar-refractivity contribution in [3.63, 3.8) is 0 Å². The molecular formula is C10H12F3NO3. The van der Waals surface area contributed by atoms with Crippen molar-refractivity contribution in [3.8, 4) is 5.75 Å². The summed E-state index contributed by atoms with van der Waals surface area (Å²) in [4.78, 5) is 13.4. The van der Waals surface area contributed by atoms with Crippen LogP contribution in [-0.2, 0) is 11.8 Å². The summed E-state index contributed by atoms with van der Waals surface area (Å²) < 4.78 is 42.1.